The topological polar surface area (TPSA) is 83.1 Å². The molecule has 0 atom stereocenters. The first-order valence-electron chi connectivity index (χ1n) is 13.1. The standard InChI is InChI=1S/C29H32N4O4S2.ClH/c1-4-31(5-2)19-20-32(29-30-27-25(37-3)11-8-12-26(27)38-29)28(34)22-13-15-23(16-14-22)39(35,36)33-18-17-21-9-6-7-10-24(21)33;/h6-16H,4-5,17-20H2,1-3H3;1H. The molecule has 2 heterocycles. The molecule has 0 saturated heterocycles. The Labute approximate surface area is 245 Å². The molecular formula is C29H33ClN4O4S2. The molecule has 8 nitrogen and oxygen atoms in total. The molecule has 4 aromatic rings. The number of nitrogens with zero attached hydrogens (tertiary/aromatic N) is 4. The van der Waals surface area contributed by atoms with E-state index in [0.29, 0.717) is 53.7 Å². The summed E-state index contributed by atoms with van der Waals surface area (Å²) < 4.78 is 34.7. The molecule has 0 fully saturated rings. The number of para-hydroxylation sites is 2. The van der Waals surface area contributed by atoms with Crippen molar-refractivity contribution in [3.05, 3.63) is 77.9 Å². The molecule has 0 N–H and O–H groups in total. The SMILES string of the molecule is CCN(CC)CCN(C(=O)c1ccc(S(=O)(=O)N2CCc3ccccc32)cc1)c1nc2c(OC)cccc2s1.Cl. The number of benzene rings is 3. The number of methoxy groups -OCH3 is 1. The van der Waals surface area contributed by atoms with Crippen LogP contribution in [-0.2, 0) is 16.4 Å². The first-order valence-corrected chi connectivity index (χ1v) is 15.3. The quantitative estimate of drug-likeness (QED) is 0.240. The van der Waals surface area contributed by atoms with Gasteiger partial charge in [0.15, 0.2) is 5.13 Å². The van der Waals surface area contributed by atoms with Crippen LogP contribution in [0.3, 0.4) is 0 Å². The lowest BCUT2D eigenvalue weighted by Gasteiger charge is -2.25. The van der Waals surface area contributed by atoms with Crippen molar-refractivity contribution < 1.29 is 17.9 Å². The van der Waals surface area contributed by atoms with Crippen molar-refractivity contribution in [3.8, 4) is 5.75 Å². The van der Waals surface area contributed by atoms with Gasteiger partial charge in [-0.3, -0.25) is 14.0 Å². The van der Waals surface area contributed by atoms with E-state index in [1.165, 1.54) is 27.8 Å². The van der Waals surface area contributed by atoms with E-state index in [2.05, 4.69) is 18.7 Å². The third-order valence-electron chi connectivity index (χ3n) is 7.13. The summed E-state index contributed by atoms with van der Waals surface area (Å²) in [5.74, 6) is 0.430. The number of amides is 1. The summed E-state index contributed by atoms with van der Waals surface area (Å²) in [5.41, 5.74) is 2.85. The minimum absolute atomic E-state index is 0. The van der Waals surface area contributed by atoms with Crippen LogP contribution in [0, 0.1) is 0 Å². The van der Waals surface area contributed by atoms with Crippen LogP contribution in [0.2, 0.25) is 0 Å². The van der Waals surface area contributed by atoms with Gasteiger partial charge < -0.3 is 9.64 Å². The fourth-order valence-electron chi connectivity index (χ4n) is 4.87. The Kier molecular flexibility index (Phi) is 9.35. The zero-order valence-corrected chi connectivity index (χ0v) is 25.2. The molecule has 0 unspecified atom stereocenters. The van der Waals surface area contributed by atoms with Crippen LogP contribution in [-0.4, -0.2) is 64.0 Å². The van der Waals surface area contributed by atoms with Gasteiger partial charge in [-0.1, -0.05) is 49.4 Å². The molecule has 1 aliphatic rings. The van der Waals surface area contributed by atoms with Gasteiger partial charge in [-0.15, -0.1) is 12.4 Å². The predicted octanol–water partition coefficient (Wildman–Crippen LogP) is 5.47. The van der Waals surface area contributed by atoms with E-state index >= 15 is 0 Å². The molecule has 0 bridgehead atoms. The number of aromatic nitrogens is 1. The maximum atomic E-state index is 13.8. The van der Waals surface area contributed by atoms with Crippen molar-refractivity contribution in [2.45, 2.75) is 25.2 Å². The summed E-state index contributed by atoms with van der Waals surface area (Å²) in [6, 6.07) is 19.5. The molecule has 1 aromatic heterocycles. The average Bonchev–Trinajstić information content (AvgIpc) is 3.60. The number of anilines is 2. The number of thiazole rings is 1. The molecule has 5 rings (SSSR count). The van der Waals surface area contributed by atoms with Crippen molar-refractivity contribution >= 4 is 60.7 Å². The van der Waals surface area contributed by atoms with E-state index in [0.717, 1.165) is 23.4 Å². The Morgan fingerprint density at radius 1 is 1.00 bits per heavy atom. The van der Waals surface area contributed by atoms with Gasteiger partial charge >= 0.3 is 0 Å². The highest BCUT2D eigenvalue weighted by Crippen LogP contribution is 2.35. The van der Waals surface area contributed by atoms with Gasteiger partial charge in [-0.2, -0.15) is 0 Å². The molecule has 0 saturated carbocycles. The highest BCUT2D eigenvalue weighted by atomic mass is 35.5. The van der Waals surface area contributed by atoms with Crippen LogP contribution in [0.1, 0.15) is 29.8 Å². The lowest BCUT2D eigenvalue weighted by molar-refractivity contribution is 0.0983. The molecule has 11 heteroatoms. The van der Waals surface area contributed by atoms with Crippen LogP contribution >= 0.6 is 23.7 Å². The van der Waals surface area contributed by atoms with Gasteiger partial charge in [0.1, 0.15) is 11.3 Å². The normalized spacial score (nSPS) is 12.8. The van der Waals surface area contributed by atoms with Crippen molar-refractivity contribution in [2.75, 3.05) is 49.0 Å². The molecule has 1 aliphatic heterocycles. The monoisotopic (exact) mass is 600 g/mol. The number of hydrogen-bond donors (Lipinski definition) is 0. The Morgan fingerprint density at radius 3 is 2.42 bits per heavy atom. The second kappa shape index (κ2) is 12.6. The minimum Gasteiger partial charge on any atom is -0.494 e. The average molecular weight is 601 g/mol. The van der Waals surface area contributed by atoms with Crippen LogP contribution in [0.25, 0.3) is 10.2 Å². The molecule has 40 heavy (non-hydrogen) atoms. The summed E-state index contributed by atoms with van der Waals surface area (Å²) in [6.45, 7) is 7.48. The summed E-state index contributed by atoms with van der Waals surface area (Å²) >= 11 is 1.44. The highest BCUT2D eigenvalue weighted by Gasteiger charge is 2.31. The smallest absolute Gasteiger partial charge is 0.264 e. The molecular weight excluding hydrogens is 568 g/mol. The number of likely N-dealkylation sites (N-methyl/N-ethyl adjacent to an activating group) is 1. The molecule has 0 aliphatic carbocycles. The Hall–Kier alpha value is -3.18. The summed E-state index contributed by atoms with van der Waals surface area (Å²) in [6.07, 6.45) is 0.681. The first kappa shape index (κ1) is 29.8. The van der Waals surface area contributed by atoms with Crippen LogP contribution in [0.4, 0.5) is 10.8 Å². The van der Waals surface area contributed by atoms with Crippen LogP contribution < -0.4 is 13.9 Å². The Morgan fingerprint density at radius 2 is 1.73 bits per heavy atom. The number of ether oxygens (including phenoxy) is 1. The number of carbonyl (C=O) groups excluding carboxylic acids is 1. The number of halogens is 1. The highest BCUT2D eigenvalue weighted by molar-refractivity contribution is 7.92. The largest absolute Gasteiger partial charge is 0.494 e. The van der Waals surface area contributed by atoms with Gasteiger partial charge in [0.25, 0.3) is 15.9 Å². The van der Waals surface area contributed by atoms with E-state index in [1.54, 1.807) is 24.1 Å². The van der Waals surface area contributed by atoms with E-state index in [-0.39, 0.29) is 23.2 Å². The third-order valence-corrected chi connectivity index (χ3v) is 10.0. The lowest BCUT2D eigenvalue weighted by Crippen LogP contribution is -2.39. The van der Waals surface area contributed by atoms with E-state index < -0.39 is 10.0 Å². The Bertz CT molecular complexity index is 1590. The minimum atomic E-state index is -3.74. The molecule has 1 amide bonds. The summed E-state index contributed by atoms with van der Waals surface area (Å²) in [4.78, 5) is 22.7. The third kappa shape index (κ3) is 5.67. The fourth-order valence-corrected chi connectivity index (χ4v) is 7.38. The number of carbonyl (C=O) groups is 1. The van der Waals surface area contributed by atoms with Crippen molar-refractivity contribution in [1.29, 1.82) is 0 Å². The molecule has 0 radical (unpaired) electrons. The number of fused-ring (bicyclic) bond motifs is 2. The Balaban J connectivity index is 0.00000370. The zero-order valence-electron chi connectivity index (χ0n) is 22.7. The number of sulfonamides is 1. The van der Waals surface area contributed by atoms with Crippen LogP contribution in [0.15, 0.2) is 71.6 Å². The summed E-state index contributed by atoms with van der Waals surface area (Å²) in [5, 5.41) is 0.581. The second-order valence-electron chi connectivity index (χ2n) is 9.27. The van der Waals surface area contributed by atoms with Crippen molar-refractivity contribution in [3.63, 3.8) is 0 Å². The molecule has 3 aromatic carbocycles. The predicted molar refractivity (Wildman–Crippen MR) is 164 cm³/mol. The first-order chi connectivity index (χ1) is 18.9. The fraction of sp³-hybridized carbons (Fsp3) is 0.310. The van der Waals surface area contributed by atoms with Gasteiger partial charge in [0.2, 0.25) is 0 Å². The lowest BCUT2D eigenvalue weighted by atomic mass is 10.2. The van der Waals surface area contributed by atoms with Crippen molar-refractivity contribution in [2.24, 2.45) is 0 Å². The van der Waals surface area contributed by atoms with E-state index in [4.69, 9.17) is 9.72 Å². The van der Waals surface area contributed by atoms with Crippen molar-refractivity contribution in [1.82, 2.24) is 9.88 Å². The number of hydrogen-bond acceptors (Lipinski definition) is 7. The van der Waals surface area contributed by atoms with Gasteiger partial charge in [-0.05, 0) is 67.5 Å². The zero-order chi connectivity index (χ0) is 27.6. The van der Waals surface area contributed by atoms with Gasteiger partial charge in [0, 0.05) is 25.2 Å². The second-order valence-corrected chi connectivity index (χ2v) is 12.1. The van der Waals surface area contributed by atoms with E-state index in [1.807, 2.05) is 42.5 Å². The van der Waals surface area contributed by atoms with Gasteiger partial charge in [0.05, 0.1) is 22.4 Å². The summed E-state index contributed by atoms with van der Waals surface area (Å²) in [7, 11) is -2.14. The van der Waals surface area contributed by atoms with E-state index in [9.17, 15) is 13.2 Å². The maximum Gasteiger partial charge on any atom is 0.264 e. The number of rotatable bonds is 10. The maximum absolute atomic E-state index is 13.8. The molecule has 0 spiro atoms. The van der Waals surface area contributed by atoms with Crippen LogP contribution in [0.5, 0.6) is 5.75 Å². The molecule has 212 valence electrons. The van der Waals surface area contributed by atoms with Gasteiger partial charge in [-0.25, -0.2) is 13.4 Å².